The molecule has 4 rings (SSSR count). The van der Waals surface area contributed by atoms with Gasteiger partial charge in [0.05, 0.1) is 18.4 Å². The molecule has 3 unspecified atom stereocenters. The summed E-state index contributed by atoms with van der Waals surface area (Å²) >= 11 is 0. The summed E-state index contributed by atoms with van der Waals surface area (Å²) in [6, 6.07) is 10.5. The van der Waals surface area contributed by atoms with Crippen LogP contribution in [0.1, 0.15) is 63.9 Å². The van der Waals surface area contributed by atoms with E-state index in [4.69, 9.17) is 9.73 Å². The second-order valence-electron chi connectivity index (χ2n) is 8.34. The lowest BCUT2D eigenvalue weighted by Crippen LogP contribution is -2.39. The Balaban J connectivity index is 1.62. The second-order valence-corrected chi connectivity index (χ2v) is 8.34. The zero-order valence-electron chi connectivity index (χ0n) is 16.8. The highest BCUT2D eigenvalue weighted by molar-refractivity contribution is 6.15. The summed E-state index contributed by atoms with van der Waals surface area (Å²) in [5.74, 6) is 0.517. The van der Waals surface area contributed by atoms with E-state index in [2.05, 4.69) is 24.3 Å². The average Bonchev–Trinajstić information content (AvgIpc) is 2.66. The van der Waals surface area contributed by atoms with Gasteiger partial charge in [0, 0.05) is 29.3 Å². The quantitative estimate of drug-likeness (QED) is 0.687. The van der Waals surface area contributed by atoms with Gasteiger partial charge in [-0.3, -0.25) is 14.6 Å². The Labute approximate surface area is 167 Å². The predicted molar refractivity (Wildman–Crippen MR) is 109 cm³/mol. The van der Waals surface area contributed by atoms with E-state index in [1.54, 1.807) is 0 Å². The number of aliphatic imine (C=N–C) groups is 1. The van der Waals surface area contributed by atoms with E-state index >= 15 is 0 Å². The lowest BCUT2D eigenvalue weighted by molar-refractivity contribution is -0.148. The summed E-state index contributed by atoms with van der Waals surface area (Å²) in [7, 11) is 0. The van der Waals surface area contributed by atoms with Gasteiger partial charge in [-0.25, -0.2) is 0 Å². The van der Waals surface area contributed by atoms with Crippen LogP contribution >= 0.6 is 0 Å². The first-order valence-electron chi connectivity index (χ1n) is 10.6. The van der Waals surface area contributed by atoms with Gasteiger partial charge in [0.2, 0.25) is 0 Å². The summed E-state index contributed by atoms with van der Waals surface area (Å²) < 4.78 is 5.19. The molecule has 3 atom stereocenters. The molecule has 0 aromatic heterocycles. The van der Waals surface area contributed by atoms with Crippen LogP contribution in [-0.2, 0) is 14.3 Å². The van der Waals surface area contributed by atoms with Crippen molar-refractivity contribution in [1.29, 1.82) is 0 Å². The number of rotatable bonds is 5. The minimum Gasteiger partial charge on any atom is -0.466 e. The highest BCUT2D eigenvalue weighted by Gasteiger charge is 2.44. The van der Waals surface area contributed by atoms with Gasteiger partial charge >= 0.3 is 5.97 Å². The van der Waals surface area contributed by atoms with Crippen LogP contribution in [-0.4, -0.2) is 24.1 Å². The van der Waals surface area contributed by atoms with Crippen molar-refractivity contribution < 1.29 is 14.3 Å². The molecule has 1 aromatic rings. The van der Waals surface area contributed by atoms with Crippen molar-refractivity contribution in [1.82, 2.24) is 0 Å². The van der Waals surface area contributed by atoms with E-state index in [9.17, 15) is 9.59 Å². The second kappa shape index (κ2) is 8.02. The molecule has 1 aromatic carbocycles. The summed E-state index contributed by atoms with van der Waals surface area (Å²) in [5.41, 5.74) is 3.85. The highest BCUT2D eigenvalue weighted by Crippen LogP contribution is 2.47. The minimum absolute atomic E-state index is 0.159. The summed E-state index contributed by atoms with van der Waals surface area (Å²) in [6.45, 7) is 4.21. The third kappa shape index (κ3) is 3.45. The first-order valence-corrected chi connectivity index (χ1v) is 10.6. The van der Waals surface area contributed by atoms with Gasteiger partial charge in [0.1, 0.15) is 0 Å². The van der Waals surface area contributed by atoms with Crippen LogP contribution in [0.4, 0.5) is 0 Å². The maximum absolute atomic E-state index is 13.6. The predicted octanol–water partition coefficient (Wildman–Crippen LogP) is 4.85. The number of hydrogen-bond donors (Lipinski definition) is 0. The molecule has 0 amide bonds. The molecule has 1 fully saturated rings. The van der Waals surface area contributed by atoms with Crippen LogP contribution in [0.3, 0.4) is 0 Å². The fraction of sp³-hybridized carbons (Fsp3) is 0.542. The molecule has 0 saturated heterocycles. The molecule has 3 aliphatic rings. The SMILES string of the molecule is CCOC(=O)C1CCC2=C(C1)N=C(C)C(C(c1ccccc1)C1CCC1)C2=O. The van der Waals surface area contributed by atoms with Crippen molar-refractivity contribution in [2.24, 2.45) is 22.7 Å². The van der Waals surface area contributed by atoms with E-state index in [0.29, 0.717) is 31.8 Å². The Kier molecular flexibility index (Phi) is 5.47. The first-order chi connectivity index (χ1) is 13.6. The molecule has 28 heavy (non-hydrogen) atoms. The Morgan fingerprint density at radius 1 is 1.21 bits per heavy atom. The third-order valence-corrected chi connectivity index (χ3v) is 6.69. The summed E-state index contributed by atoms with van der Waals surface area (Å²) in [5, 5.41) is 0. The highest BCUT2D eigenvalue weighted by atomic mass is 16.5. The summed E-state index contributed by atoms with van der Waals surface area (Å²) in [6.07, 6.45) is 5.48. The van der Waals surface area contributed by atoms with Gasteiger partial charge in [-0.05, 0) is 51.0 Å². The molecule has 0 N–H and O–H groups in total. The van der Waals surface area contributed by atoms with Crippen LogP contribution in [0.5, 0.6) is 0 Å². The maximum Gasteiger partial charge on any atom is 0.309 e. The minimum atomic E-state index is -0.170. The molecule has 1 aliphatic heterocycles. The number of ether oxygens (including phenoxy) is 1. The molecule has 1 saturated carbocycles. The molecule has 2 aliphatic carbocycles. The van der Waals surface area contributed by atoms with E-state index in [1.807, 2.05) is 19.9 Å². The molecular formula is C24H29NO3. The van der Waals surface area contributed by atoms with Gasteiger partial charge in [0.15, 0.2) is 5.78 Å². The molecule has 4 nitrogen and oxygen atoms in total. The van der Waals surface area contributed by atoms with Crippen LogP contribution in [0.2, 0.25) is 0 Å². The Morgan fingerprint density at radius 3 is 2.61 bits per heavy atom. The van der Waals surface area contributed by atoms with Crippen molar-refractivity contribution in [3.05, 3.63) is 47.2 Å². The van der Waals surface area contributed by atoms with Crippen LogP contribution in [0.25, 0.3) is 0 Å². The lowest BCUT2D eigenvalue weighted by atomic mass is 9.63. The Hall–Kier alpha value is -2.23. The number of benzene rings is 1. The largest absolute Gasteiger partial charge is 0.466 e. The average molecular weight is 380 g/mol. The number of Topliss-reactive ketones (excluding diaryl/α,β-unsaturated/α-hetero) is 1. The van der Waals surface area contributed by atoms with E-state index in [-0.39, 0.29) is 29.5 Å². The van der Waals surface area contributed by atoms with E-state index in [1.165, 1.54) is 24.8 Å². The maximum atomic E-state index is 13.6. The standard InChI is InChI=1S/C24H29NO3/c1-3-28-24(27)18-12-13-19-20(14-18)25-15(2)21(23(19)26)22(17-10-7-11-17)16-8-5-4-6-9-16/h4-6,8-9,17-18,21-22H,3,7,10-14H2,1-2H3. The van der Waals surface area contributed by atoms with Crippen molar-refractivity contribution >= 4 is 17.5 Å². The molecule has 1 heterocycles. The number of esters is 1. The monoisotopic (exact) mass is 379 g/mol. The molecule has 148 valence electrons. The van der Waals surface area contributed by atoms with Crippen LogP contribution < -0.4 is 0 Å². The number of hydrogen-bond acceptors (Lipinski definition) is 4. The molecule has 0 radical (unpaired) electrons. The topological polar surface area (TPSA) is 55.7 Å². The molecular weight excluding hydrogens is 350 g/mol. The number of allylic oxidation sites excluding steroid dienone is 2. The lowest BCUT2D eigenvalue weighted by Gasteiger charge is -2.41. The smallest absolute Gasteiger partial charge is 0.309 e. The zero-order chi connectivity index (χ0) is 19.7. The van der Waals surface area contributed by atoms with Crippen molar-refractivity contribution in [2.75, 3.05) is 6.61 Å². The Morgan fingerprint density at radius 2 is 1.96 bits per heavy atom. The van der Waals surface area contributed by atoms with Crippen molar-refractivity contribution in [2.45, 2.75) is 58.3 Å². The number of carbonyl (C=O) groups excluding carboxylic acids is 2. The third-order valence-electron chi connectivity index (χ3n) is 6.69. The van der Waals surface area contributed by atoms with Gasteiger partial charge in [-0.1, -0.05) is 36.8 Å². The number of carbonyl (C=O) groups is 2. The molecule has 0 bridgehead atoms. The van der Waals surface area contributed by atoms with Gasteiger partial charge in [0.25, 0.3) is 0 Å². The van der Waals surface area contributed by atoms with Crippen molar-refractivity contribution in [3.8, 4) is 0 Å². The summed E-state index contributed by atoms with van der Waals surface area (Å²) in [4.78, 5) is 30.6. The van der Waals surface area contributed by atoms with Crippen LogP contribution in [0.15, 0.2) is 46.6 Å². The van der Waals surface area contributed by atoms with Gasteiger partial charge in [-0.2, -0.15) is 0 Å². The van der Waals surface area contributed by atoms with Crippen molar-refractivity contribution in [3.63, 3.8) is 0 Å². The number of nitrogens with zero attached hydrogens (tertiary/aromatic N) is 1. The zero-order valence-corrected chi connectivity index (χ0v) is 16.8. The number of ketones is 1. The van der Waals surface area contributed by atoms with E-state index < -0.39 is 0 Å². The van der Waals surface area contributed by atoms with E-state index in [0.717, 1.165) is 17.0 Å². The van der Waals surface area contributed by atoms with Gasteiger partial charge < -0.3 is 4.74 Å². The molecule has 4 heteroatoms. The Bertz CT molecular complexity index is 820. The van der Waals surface area contributed by atoms with Crippen LogP contribution in [0, 0.1) is 17.8 Å². The fourth-order valence-corrected chi connectivity index (χ4v) is 5.06. The molecule has 0 spiro atoms. The first kappa shape index (κ1) is 19.1. The fourth-order valence-electron chi connectivity index (χ4n) is 5.06. The van der Waals surface area contributed by atoms with Gasteiger partial charge in [-0.15, -0.1) is 0 Å². The normalized spacial score (nSPS) is 26.2.